The van der Waals surface area contributed by atoms with E-state index in [2.05, 4.69) is 71.2 Å². The van der Waals surface area contributed by atoms with Crippen LogP contribution in [0.1, 0.15) is 36.4 Å². The van der Waals surface area contributed by atoms with Gasteiger partial charge in [0.2, 0.25) is 5.95 Å². The molecule has 1 amide bonds. The molecule has 1 aromatic carbocycles. The number of nitrogens with zero attached hydrogens (tertiary/aromatic N) is 4. The van der Waals surface area contributed by atoms with Crippen LogP contribution in [0.3, 0.4) is 0 Å². The third kappa shape index (κ3) is 6.64. The van der Waals surface area contributed by atoms with E-state index in [4.69, 9.17) is 4.98 Å². The Morgan fingerprint density at radius 3 is 2.86 bits per heavy atom. The maximum Gasteiger partial charge on any atom is 0.261 e. The van der Waals surface area contributed by atoms with E-state index in [9.17, 15) is 4.79 Å². The normalized spacial score (nSPS) is 16.6. The minimum absolute atomic E-state index is 0.0546. The fourth-order valence-electron chi connectivity index (χ4n) is 4.54. The predicted octanol–water partition coefficient (Wildman–Crippen LogP) is 5.73. The van der Waals surface area contributed by atoms with Crippen molar-refractivity contribution in [1.82, 2.24) is 20.2 Å². The summed E-state index contributed by atoms with van der Waals surface area (Å²) in [5, 5.41) is 6.43. The predicted molar refractivity (Wildman–Crippen MR) is 155 cm³/mol. The molecule has 2 aromatic heterocycles. The van der Waals surface area contributed by atoms with Crippen molar-refractivity contribution in [2.45, 2.75) is 38.8 Å². The summed E-state index contributed by atoms with van der Waals surface area (Å²) in [5.74, 6) is 0.437. The average Bonchev–Trinajstić information content (AvgIpc) is 3.58. The largest absolute Gasteiger partial charge is 0.370 e. The Balaban J connectivity index is 1.44. The lowest BCUT2D eigenvalue weighted by atomic mass is 10.1. The van der Waals surface area contributed by atoms with Gasteiger partial charge in [-0.15, -0.1) is 11.3 Å². The van der Waals surface area contributed by atoms with Crippen LogP contribution >= 0.6 is 11.3 Å². The molecule has 0 bridgehead atoms. The summed E-state index contributed by atoms with van der Waals surface area (Å²) in [6, 6.07) is 14.6. The molecule has 1 saturated heterocycles. The zero-order valence-electron chi connectivity index (χ0n) is 22.1. The van der Waals surface area contributed by atoms with Crippen molar-refractivity contribution in [2.24, 2.45) is 0 Å². The van der Waals surface area contributed by atoms with Gasteiger partial charge in [0.15, 0.2) is 0 Å². The van der Waals surface area contributed by atoms with Gasteiger partial charge in [-0.05, 0) is 75.8 Å². The second kappa shape index (κ2) is 12.2. The van der Waals surface area contributed by atoms with Gasteiger partial charge >= 0.3 is 0 Å². The molecule has 3 aromatic rings. The maximum atomic E-state index is 12.8. The van der Waals surface area contributed by atoms with Gasteiger partial charge in [0.05, 0.1) is 15.4 Å². The van der Waals surface area contributed by atoms with E-state index < -0.39 is 0 Å². The molecule has 4 rings (SSSR count). The lowest BCUT2D eigenvalue weighted by Crippen LogP contribution is -2.33. The van der Waals surface area contributed by atoms with Gasteiger partial charge in [-0.2, -0.15) is 0 Å². The molecule has 0 spiro atoms. The number of nitrogens with one attached hydrogen (secondary N) is 2. The minimum Gasteiger partial charge on any atom is -0.370 e. The van der Waals surface area contributed by atoms with Crippen molar-refractivity contribution in [3.8, 4) is 10.6 Å². The smallest absolute Gasteiger partial charge is 0.261 e. The van der Waals surface area contributed by atoms with Crippen LogP contribution in [0.5, 0.6) is 0 Å². The Hall–Kier alpha value is -3.49. The van der Waals surface area contributed by atoms with Gasteiger partial charge in [-0.3, -0.25) is 4.79 Å². The molecule has 8 heteroatoms. The molecule has 1 fully saturated rings. The summed E-state index contributed by atoms with van der Waals surface area (Å²) in [5.41, 5.74) is 4.06. The Kier molecular flexibility index (Phi) is 8.74. The highest BCUT2D eigenvalue weighted by molar-refractivity contribution is 7.17. The summed E-state index contributed by atoms with van der Waals surface area (Å²) in [7, 11) is 4.29. The number of allylic oxidation sites excluding steroid dienone is 2. The Morgan fingerprint density at radius 1 is 1.30 bits per heavy atom. The highest BCUT2D eigenvalue weighted by Gasteiger charge is 2.24. The van der Waals surface area contributed by atoms with E-state index in [1.165, 1.54) is 23.4 Å². The molecule has 2 atom stereocenters. The summed E-state index contributed by atoms with van der Waals surface area (Å²) in [6.45, 7) is 9.91. The summed E-state index contributed by atoms with van der Waals surface area (Å²) >= 11 is 1.43. The first-order chi connectivity index (χ1) is 17.9. The third-order valence-corrected chi connectivity index (χ3v) is 7.85. The lowest BCUT2D eigenvalue weighted by Gasteiger charge is -2.22. The quantitative estimate of drug-likeness (QED) is 0.335. The molecule has 1 aliphatic rings. The van der Waals surface area contributed by atoms with E-state index in [-0.39, 0.29) is 11.9 Å². The van der Waals surface area contributed by atoms with Crippen LogP contribution in [0, 0.1) is 0 Å². The molecule has 2 N–H and O–H groups in total. The van der Waals surface area contributed by atoms with E-state index in [0.717, 1.165) is 41.3 Å². The number of aromatic nitrogens is 2. The standard InChI is InChI=1S/C29H36N6OS/c1-6-9-21(7-2)20(3)31-28(36)27-13-12-26(37-27)25-14-16-30-29(33-25)32-22-10-8-11-23(18-22)35-17-15-24(19-35)34(4)5/h6,8-14,16,18,20,24H,1,7,15,17,19H2,2-5H3,(H,31,36)(H,30,32,33)/b21-9+/t20-,24?/m1/s1. The second-order valence-corrected chi connectivity index (χ2v) is 10.6. The molecule has 1 unspecified atom stereocenters. The number of hydrogen-bond donors (Lipinski definition) is 2. The SMILES string of the molecule is C=C/C=C(\CC)[C@@H](C)NC(=O)c1ccc(-c2ccnc(Nc3cccc(N4CCC(N(C)C)C4)c3)n2)s1. The van der Waals surface area contributed by atoms with Crippen LogP contribution in [-0.2, 0) is 0 Å². The number of thiophene rings is 1. The van der Waals surface area contributed by atoms with Gasteiger partial charge < -0.3 is 20.4 Å². The highest BCUT2D eigenvalue weighted by atomic mass is 32.1. The first-order valence-electron chi connectivity index (χ1n) is 12.7. The average molecular weight is 517 g/mol. The molecular formula is C29H36N6OS. The molecule has 3 heterocycles. The first kappa shape index (κ1) is 26.6. The first-order valence-corrected chi connectivity index (χ1v) is 13.5. The van der Waals surface area contributed by atoms with E-state index >= 15 is 0 Å². The number of rotatable bonds is 10. The van der Waals surface area contributed by atoms with Crippen LogP contribution in [0.25, 0.3) is 10.6 Å². The van der Waals surface area contributed by atoms with Crippen LogP contribution in [0.4, 0.5) is 17.3 Å². The minimum atomic E-state index is -0.0881. The zero-order chi connectivity index (χ0) is 26.4. The number of carbonyl (C=O) groups excluding carboxylic acids is 1. The van der Waals surface area contributed by atoms with Crippen LogP contribution in [0.2, 0.25) is 0 Å². The molecule has 194 valence electrons. The van der Waals surface area contributed by atoms with Gasteiger partial charge in [0.1, 0.15) is 0 Å². The van der Waals surface area contributed by atoms with Crippen molar-refractivity contribution in [2.75, 3.05) is 37.4 Å². The number of likely N-dealkylation sites (N-methyl/N-ethyl adjacent to an activating group) is 1. The van der Waals surface area contributed by atoms with Gasteiger partial charge in [-0.1, -0.05) is 31.7 Å². The topological polar surface area (TPSA) is 73.4 Å². The van der Waals surface area contributed by atoms with Gasteiger partial charge in [0, 0.05) is 42.7 Å². The summed E-state index contributed by atoms with van der Waals surface area (Å²) in [4.78, 5) is 28.2. The Bertz CT molecular complexity index is 1270. The van der Waals surface area contributed by atoms with Crippen molar-refractivity contribution >= 4 is 34.6 Å². The van der Waals surface area contributed by atoms with Crippen LogP contribution < -0.4 is 15.5 Å². The van der Waals surface area contributed by atoms with Crippen LogP contribution in [0.15, 0.2) is 73.0 Å². The van der Waals surface area contributed by atoms with E-state index in [1.54, 1.807) is 12.3 Å². The molecule has 0 aliphatic carbocycles. The Morgan fingerprint density at radius 2 is 2.14 bits per heavy atom. The zero-order valence-corrected chi connectivity index (χ0v) is 22.9. The number of amides is 1. The van der Waals surface area contributed by atoms with E-state index in [0.29, 0.717) is 16.9 Å². The monoisotopic (exact) mass is 516 g/mol. The summed E-state index contributed by atoms with van der Waals surface area (Å²) in [6.07, 6.45) is 7.49. The van der Waals surface area contributed by atoms with Crippen molar-refractivity contribution in [3.05, 3.63) is 77.8 Å². The van der Waals surface area contributed by atoms with E-state index in [1.807, 2.05) is 37.3 Å². The number of carbonyl (C=O) groups is 1. The number of benzene rings is 1. The fourth-order valence-corrected chi connectivity index (χ4v) is 5.42. The number of hydrogen-bond acceptors (Lipinski definition) is 7. The highest BCUT2D eigenvalue weighted by Crippen LogP contribution is 2.29. The number of anilines is 3. The third-order valence-electron chi connectivity index (χ3n) is 6.74. The van der Waals surface area contributed by atoms with Gasteiger partial charge in [-0.25, -0.2) is 9.97 Å². The van der Waals surface area contributed by atoms with Crippen molar-refractivity contribution in [1.29, 1.82) is 0 Å². The fraction of sp³-hybridized carbons (Fsp3) is 0.345. The second-order valence-electron chi connectivity index (χ2n) is 9.48. The molecule has 1 aliphatic heterocycles. The van der Waals surface area contributed by atoms with Crippen molar-refractivity contribution in [3.63, 3.8) is 0 Å². The van der Waals surface area contributed by atoms with Crippen LogP contribution in [-0.4, -0.2) is 60.0 Å². The molecular weight excluding hydrogens is 480 g/mol. The lowest BCUT2D eigenvalue weighted by molar-refractivity contribution is 0.0949. The van der Waals surface area contributed by atoms with Crippen molar-refractivity contribution < 1.29 is 4.79 Å². The molecule has 7 nitrogen and oxygen atoms in total. The summed E-state index contributed by atoms with van der Waals surface area (Å²) < 4.78 is 0. The molecule has 37 heavy (non-hydrogen) atoms. The van der Waals surface area contributed by atoms with Gasteiger partial charge in [0.25, 0.3) is 5.91 Å². The molecule has 0 saturated carbocycles. The Labute approximate surface area is 223 Å². The maximum absolute atomic E-state index is 12.8. The molecule has 0 radical (unpaired) electrons.